The van der Waals surface area contributed by atoms with E-state index in [1.807, 2.05) is 24.3 Å². The molecule has 0 aromatic heterocycles. The third kappa shape index (κ3) is 2.64. The van der Waals surface area contributed by atoms with Crippen LogP contribution in [-0.4, -0.2) is 43.1 Å². The lowest BCUT2D eigenvalue weighted by molar-refractivity contribution is -0.119. The Morgan fingerprint density at radius 2 is 2.15 bits per heavy atom. The van der Waals surface area contributed by atoms with Gasteiger partial charge in [0.2, 0.25) is 5.91 Å². The van der Waals surface area contributed by atoms with Crippen LogP contribution in [0.5, 0.6) is 5.75 Å². The first kappa shape index (κ1) is 13.4. The summed E-state index contributed by atoms with van der Waals surface area (Å²) in [5, 5.41) is 2.89. The zero-order valence-electron chi connectivity index (χ0n) is 11.8. The fraction of sp³-hybridized carbons (Fsp3) is 0.533. The van der Waals surface area contributed by atoms with Gasteiger partial charge < -0.3 is 15.8 Å². The molecule has 0 bridgehead atoms. The number of nitrogens with two attached hydrogens (primary N) is 1. The van der Waals surface area contributed by atoms with Gasteiger partial charge in [-0.2, -0.15) is 0 Å². The molecule has 5 nitrogen and oxygen atoms in total. The summed E-state index contributed by atoms with van der Waals surface area (Å²) in [5.41, 5.74) is 6.95. The summed E-state index contributed by atoms with van der Waals surface area (Å²) in [6.45, 7) is 2.05. The van der Waals surface area contributed by atoms with Gasteiger partial charge in [-0.15, -0.1) is 0 Å². The standard InChI is InChI=1S/C15H21N3O2/c1-20-13-5-3-2-4-12(13)17-14(19)8-18-9-15(16,10-18)11-6-7-11/h2-5,11H,6-10,16H2,1H3,(H,17,19). The second-order valence-corrected chi connectivity index (χ2v) is 5.90. The number of hydrogen-bond donors (Lipinski definition) is 2. The molecule has 1 saturated heterocycles. The van der Waals surface area contributed by atoms with Crippen molar-refractivity contribution in [3.05, 3.63) is 24.3 Å². The zero-order valence-corrected chi connectivity index (χ0v) is 11.8. The van der Waals surface area contributed by atoms with Crippen LogP contribution < -0.4 is 15.8 Å². The van der Waals surface area contributed by atoms with Crippen LogP contribution in [0.1, 0.15) is 12.8 Å². The monoisotopic (exact) mass is 275 g/mol. The Morgan fingerprint density at radius 1 is 1.45 bits per heavy atom. The van der Waals surface area contributed by atoms with Crippen molar-refractivity contribution in [1.82, 2.24) is 4.90 Å². The minimum Gasteiger partial charge on any atom is -0.495 e. The molecule has 1 heterocycles. The van der Waals surface area contributed by atoms with Gasteiger partial charge in [0.05, 0.1) is 19.3 Å². The molecule has 108 valence electrons. The highest BCUT2D eigenvalue weighted by Crippen LogP contribution is 2.42. The molecule has 0 radical (unpaired) electrons. The van der Waals surface area contributed by atoms with E-state index < -0.39 is 0 Å². The molecule has 0 unspecified atom stereocenters. The van der Waals surface area contributed by atoms with E-state index in [-0.39, 0.29) is 11.4 Å². The number of carbonyl (C=O) groups excluding carboxylic acids is 1. The molecular formula is C15H21N3O2. The highest BCUT2D eigenvalue weighted by Gasteiger charge is 2.50. The molecule has 1 amide bonds. The van der Waals surface area contributed by atoms with E-state index in [4.69, 9.17) is 10.5 Å². The van der Waals surface area contributed by atoms with E-state index in [1.165, 1.54) is 12.8 Å². The quantitative estimate of drug-likeness (QED) is 0.843. The normalized spacial score (nSPS) is 21.1. The summed E-state index contributed by atoms with van der Waals surface area (Å²) < 4.78 is 5.22. The summed E-state index contributed by atoms with van der Waals surface area (Å²) in [4.78, 5) is 14.1. The van der Waals surface area contributed by atoms with Gasteiger partial charge >= 0.3 is 0 Å². The number of amides is 1. The minimum atomic E-state index is -0.0370. The predicted octanol–water partition coefficient (Wildman–Crippen LogP) is 1.06. The van der Waals surface area contributed by atoms with Crippen LogP contribution in [-0.2, 0) is 4.79 Å². The molecule has 1 aliphatic heterocycles. The molecule has 0 spiro atoms. The second kappa shape index (κ2) is 5.07. The Labute approximate surface area is 119 Å². The SMILES string of the molecule is COc1ccccc1NC(=O)CN1CC(N)(C2CC2)C1. The molecule has 2 fully saturated rings. The number of methoxy groups -OCH3 is 1. The zero-order chi connectivity index (χ0) is 14.2. The van der Waals surface area contributed by atoms with E-state index in [2.05, 4.69) is 10.2 Å². The second-order valence-electron chi connectivity index (χ2n) is 5.90. The first-order valence-electron chi connectivity index (χ1n) is 7.05. The minimum absolute atomic E-state index is 0.0210. The van der Waals surface area contributed by atoms with Crippen molar-refractivity contribution in [2.45, 2.75) is 18.4 Å². The molecule has 5 heteroatoms. The fourth-order valence-corrected chi connectivity index (χ4v) is 2.96. The van der Waals surface area contributed by atoms with E-state index in [0.29, 0.717) is 23.9 Å². The van der Waals surface area contributed by atoms with Crippen LogP contribution >= 0.6 is 0 Å². The van der Waals surface area contributed by atoms with Crippen molar-refractivity contribution in [1.29, 1.82) is 0 Å². The first-order valence-corrected chi connectivity index (χ1v) is 7.05. The fourth-order valence-electron chi connectivity index (χ4n) is 2.96. The maximum Gasteiger partial charge on any atom is 0.238 e. The molecule has 0 atom stereocenters. The smallest absolute Gasteiger partial charge is 0.238 e. The number of carbonyl (C=O) groups is 1. The number of para-hydroxylation sites is 2. The number of ether oxygens (including phenoxy) is 1. The molecule has 3 N–H and O–H groups in total. The number of nitrogens with zero attached hydrogens (tertiary/aromatic N) is 1. The number of hydrogen-bond acceptors (Lipinski definition) is 4. The van der Waals surface area contributed by atoms with Crippen molar-refractivity contribution < 1.29 is 9.53 Å². The summed E-state index contributed by atoms with van der Waals surface area (Å²) in [5.74, 6) is 1.33. The van der Waals surface area contributed by atoms with Crippen LogP contribution in [0.2, 0.25) is 0 Å². The topological polar surface area (TPSA) is 67.6 Å². The number of nitrogens with one attached hydrogen (secondary N) is 1. The van der Waals surface area contributed by atoms with Gasteiger partial charge in [0, 0.05) is 18.6 Å². The third-order valence-corrected chi connectivity index (χ3v) is 4.17. The molecule has 2 aliphatic rings. The number of anilines is 1. The van der Waals surface area contributed by atoms with Gasteiger partial charge in [0.15, 0.2) is 0 Å². The molecule has 1 aliphatic carbocycles. The van der Waals surface area contributed by atoms with Crippen LogP contribution in [0.4, 0.5) is 5.69 Å². The molecule has 3 rings (SSSR count). The van der Waals surface area contributed by atoms with E-state index >= 15 is 0 Å². The summed E-state index contributed by atoms with van der Waals surface area (Å²) in [7, 11) is 1.60. The number of rotatable bonds is 5. The molecule has 20 heavy (non-hydrogen) atoms. The van der Waals surface area contributed by atoms with Crippen LogP contribution in [0, 0.1) is 5.92 Å². The Hall–Kier alpha value is -1.59. The summed E-state index contributed by atoms with van der Waals surface area (Å²) in [6.07, 6.45) is 2.50. The Morgan fingerprint density at radius 3 is 2.80 bits per heavy atom. The lowest BCUT2D eigenvalue weighted by atomic mass is 9.86. The lowest BCUT2D eigenvalue weighted by Gasteiger charge is -2.48. The van der Waals surface area contributed by atoms with Gasteiger partial charge in [-0.25, -0.2) is 0 Å². The van der Waals surface area contributed by atoms with Crippen LogP contribution in [0.25, 0.3) is 0 Å². The van der Waals surface area contributed by atoms with Gasteiger partial charge in [-0.3, -0.25) is 9.69 Å². The molecular weight excluding hydrogens is 254 g/mol. The summed E-state index contributed by atoms with van der Waals surface area (Å²) in [6, 6.07) is 7.42. The van der Waals surface area contributed by atoms with Gasteiger partial charge in [-0.1, -0.05) is 12.1 Å². The van der Waals surface area contributed by atoms with Crippen LogP contribution in [0.15, 0.2) is 24.3 Å². The van der Waals surface area contributed by atoms with Crippen molar-refractivity contribution in [3.8, 4) is 5.75 Å². The Bertz CT molecular complexity index is 508. The van der Waals surface area contributed by atoms with Crippen molar-refractivity contribution in [2.24, 2.45) is 11.7 Å². The van der Waals surface area contributed by atoms with Gasteiger partial charge in [0.1, 0.15) is 5.75 Å². The highest BCUT2D eigenvalue weighted by molar-refractivity contribution is 5.93. The van der Waals surface area contributed by atoms with E-state index in [0.717, 1.165) is 13.1 Å². The van der Waals surface area contributed by atoms with Crippen LogP contribution in [0.3, 0.4) is 0 Å². The van der Waals surface area contributed by atoms with E-state index in [1.54, 1.807) is 7.11 Å². The Balaban J connectivity index is 1.51. The van der Waals surface area contributed by atoms with E-state index in [9.17, 15) is 4.79 Å². The molecule has 1 aromatic carbocycles. The molecule has 1 aromatic rings. The average molecular weight is 275 g/mol. The van der Waals surface area contributed by atoms with Gasteiger partial charge in [-0.05, 0) is 30.9 Å². The highest BCUT2D eigenvalue weighted by atomic mass is 16.5. The average Bonchev–Trinajstić information content (AvgIpc) is 3.21. The van der Waals surface area contributed by atoms with Crippen molar-refractivity contribution in [2.75, 3.05) is 32.1 Å². The molecule has 1 saturated carbocycles. The predicted molar refractivity (Wildman–Crippen MR) is 77.7 cm³/mol. The van der Waals surface area contributed by atoms with Crippen molar-refractivity contribution >= 4 is 11.6 Å². The third-order valence-electron chi connectivity index (χ3n) is 4.17. The maximum atomic E-state index is 12.0. The summed E-state index contributed by atoms with van der Waals surface area (Å²) >= 11 is 0. The first-order chi connectivity index (χ1) is 9.60. The largest absolute Gasteiger partial charge is 0.495 e. The Kier molecular flexibility index (Phi) is 3.40. The lowest BCUT2D eigenvalue weighted by Crippen LogP contribution is -2.69. The van der Waals surface area contributed by atoms with Crippen molar-refractivity contribution in [3.63, 3.8) is 0 Å². The van der Waals surface area contributed by atoms with Gasteiger partial charge in [0.25, 0.3) is 0 Å². The number of likely N-dealkylation sites (tertiary alicyclic amines) is 1. The number of benzene rings is 1. The maximum absolute atomic E-state index is 12.0.